The fourth-order valence-corrected chi connectivity index (χ4v) is 4.27. The SMILES string of the molecule is O=C(Cc1ccc2c(c1)OCO2)N[C@@H](c1cccs1)C1CCOCC1. The van der Waals surface area contributed by atoms with Crippen molar-refractivity contribution in [2.24, 2.45) is 5.92 Å². The number of nitrogens with one attached hydrogen (secondary N) is 1. The first-order valence-corrected chi connectivity index (χ1v) is 9.46. The van der Waals surface area contributed by atoms with Gasteiger partial charge in [-0.05, 0) is 47.9 Å². The summed E-state index contributed by atoms with van der Waals surface area (Å²) in [5.41, 5.74) is 0.929. The van der Waals surface area contributed by atoms with Crippen molar-refractivity contribution in [3.63, 3.8) is 0 Å². The molecule has 0 radical (unpaired) electrons. The Hall–Kier alpha value is -2.05. The number of ether oxygens (including phenoxy) is 3. The van der Waals surface area contributed by atoms with E-state index >= 15 is 0 Å². The molecule has 2 aliphatic heterocycles. The van der Waals surface area contributed by atoms with E-state index in [1.807, 2.05) is 24.3 Å². The van der Waals surface area contributed by atoms with E-state index in [0.29, 0.717) is 18.1 Å². The molecule has 4 rings (SSSR count). The highest BCUT2D eigenvalue weighted by Gasteiger charge is 2.27. The molecule has 1 N–H and O–H groups in total. The van der Waals surface area contributed by atoms with Crippen molar-refractivity contribution in [1.82, 2.24) is 5.32 Å². The van der Waals surface area contributed by atoms with Gasteiger partial charge < -0.3 is 19.5 Å². The summed E-state index contributed by atoms with van der Waals surface area (Å²) in [7, 11) is 0. The van der Waals surface area contributed by atoms with Crippen molar-refractivity contribution in [2.45, 2.75) is 25.3 Å². The van der Waals surface area contributed by atoms with Crippen molar-refractivity contribution in [1.29, 1.82) is 0 Å². The van der Waals surface area contributed by atoms with Gasteiger partial charge in [0.15, 0.2) is 11.5 Å². The Bertz CT molecular complexity index is 725. The second kappa shape index (κ2) is 7.45. The average molecular weight is 359 g/mol. The number of rotatable bonds is 5. The first-order chi connectivity index (χ1) is 12.3. The molecule has 1 amide bonds. The summed E-state index contributed by atoms with van der Waals surface area (Å²) < 4.78 is 16.2. The molecule has 3 heterocycles. The van der Waals surface area contributed by atoms with E-state index in [4.69, 9.17) is 14.2 Å². The van der Waals surface area contributed by atoms with Crippen LogP contribution in [0.2, 0.25) is 0 Å². The Labute approximate surface area is 150 Å². The zero-order chi connectivity index (χ0) is 17.1. The Morgan fingerprint density at radius 2 is 2.04 bits per heavy atom. The largest absolute Gasteiger partial charge is 0.454 e. The summed E-state index contributed by atoms with van der Waals surface area (Å²) >= 11 is 1.70. The third kappa shape index (κ3) is 3.80. The predicted molar refractivity (Wildman–Crippen MR) is 95.0 cm³/mol. The third-order valence-corrected chi connectivity index (χ3v) is 5.66. The van der Waals surface area contributed by atoms with Gasteiger partial charge in [-0.2, -0.15) is 0 Å². The fraction of sp³-hybridized carbons (Fsp3) is 0.421. The number of thiophene rings is 1. The van der Waals surface area contributed by atoms with Gasteiger partial charge in [0.1, 0.15) is 0 Å². The monoisotopic (exact) mass is 359 g/mol. The van der Waals surface area contributed by atoms with Crippen LogP contribution < -0.4 is 14.8 Å². The fourth-order valence-electron chi connectivity index (χ4n) is 3.40. The van der Waals surface area contributed by atoms with Gasteiger partial charge in [-0.1, -0.05) is 12.1 Å². The summed E-state index contributed by atoms with van der Waals surface area (Å²) in [6.45, 7) is 1.78. The molecule has 0 unspecified atom stereocenters. The van der Waals surface area contributed by atoms with E-state index in [1.54, 1.807) is 11.3 Å². The standard InChI is InChI=1S/C19H21NO4S/c21-18(11-13-3-4-15-16(10-13)24-12-23-15)20-19(17-2-1-9-25-17)14-5-7-22-8-6-14/h1-4,9-10,14,19H,5-8,11-12H2,(H,20,21)/t19-/m1/s1. The van der Waals surface area contributed by atoms with Gasteiger partial charge in [0.2, 0.25) is 12.7 Å². The van der Waals surface area contributed by atoms with Gasteiger partial charge >= 0.3 is 0 Å². The average Bonchev–Trinajstić information content (AvgIpc) is 3.31. The van der Waals surface area contributed by atoms with Crippen LogP contribution in [0.1, 0.15) is 29.3 Å². The summed E-state index contributed by atoms with van der Waals surface area (Å²) in [5, 5.41) is 5.31. The predicted octanol–water partition coefficient (Wildman–Crippen LogP) is 3.30. The van der Waals surface area contributed by atoms with Gasteiger partial charge in [0, 0.05) is 18.1 Å². The van der Waals surface area contributed by atoms with Crippen molar-refractivity contribution in [3.05, 3.63) is 46.2 Å². The zero-order valence-corrected chi connectivity index (χ0v) is 14.7. The minimum atomic E-state index is 0.0313. The Morgan fingerprint density at radius 1 is 1.20 bits per heavy atom. The van der Waals surface area contributed by atoms with Crippen molar-refractivity contribution in [3.8, 4) is 11.5 Å². The molecule has 0 spiro atoms. The lowest BCUT2D eigenvalue weighted by Crippen LogP contribution is -2.36. The molecule has 1 fully saturated rings. The van der Waals surface area contributed by atoms with Crippen molar-refractivity contribution >= 4 is 17.2 Å². The summed E-state index contributed by atoms with van der Waals surface area (Å²) in [6.07, 6.45) is 2.29. The van der Waals surface area contributed by atoms with Crippen LogP contribution >= 0.6 is 11.3 Å². The molecule has 0 bridgehead atoms. The normalized spacial score (nSPS) is 18.1. The Balaban J connectivity index is 1.45. The molecule has 132 valence electrons. The quantitative estimate of drug-likeness (QED) is 0.890. The van der Waals surface area contributed by atoms with Gasteiger partial charge in [0.05, 0.1) is 12.5 Å². The Kier molecular flexibility index (Phi) is 4.90. The molecular formula is C19H21NO4S. The lowest BCUT2D eigenvalue weighted by atomic mass is 9.90. The Morgan fingerprint density at radius 3 is 2.84 bits per heavy atom. The molecular weight excluding hydrogens is 338 g/mol. The van der Waals surface area contributed by atoms with Crippen LogP contribution in [0.4, 0.5) is 0 Å². The third-order valence-electron chi connectivity index (χ3n) is 4.71. The van der Waals surface area contributed by atoms with E-state index in [-0.39, 0.29) is 18.7 Å². The summed E-state index contributed by atoms with van der Waals surface area (Å²) in [5.74, 6) is 1.91. The molecule has 1 saturated heterocycles. The van der Waals surface area contributed by atoms with Gasteiger partial charge in [0.25, 0.3) is 0 Å². The molecule has 25 heavy (non-hydrogen) atoms. The van der Waals surface area contributed by atoms with E-state index in [9.17, 15) is 4.79 Å². The molecule has 0 saturated carbocycles. The smallest absolute Gasteiger partial charge is 0.231 e. The number of carbonyl (C=O) groups excluding carboxylic acids is 1. The minimum absolute atomic E-state index is 0.0313. The lowest BCUT2D eigenvalue weighted by Gasteiger charge is -2.30. The minimum Gasteiger partial charge on any atom is -0.454 e. The van der Waals surface area contributed by atoms with Crippen LogP contribution in [0.3, 0.4) is 0 Å². The lowest BCUT2D eigenvalue weighted by molar-refractivity contribution is -0.121. The molecule has 6 heteroatoms. The maximum atomic E-state index is 12.7. The number of hydrogen-bond acceptors (Lipinski definition) is 5. The van der Waals surface area contributed by atoms with E-state index in [1.165, 1.54) is 4.88 Å². The van der Waals surface area contributed by atoms with E-state index < -0.39 is 0 Å². The molecule has 2 aromatic rings. The zero-order valence-electron chi connectivity index (χ0n) is 13.9. The van der Waals surface area contributed by atoms with Crippen molar-refractivity contribution in [2.75, 3.05) is 20.0 Å². The van der Waals surface area contributed by atoms with E-state index in [0.717, 1.165) is 37.4 Å². The molecule has 1 aromatic heterocycles. The van der Waals surface area contributed by atoms with Crippen LogP contribution in [0.15, 0.2) is 35.7 Å². The summed E-state index contributed by atoms with van der Waals surface area (Å²) in [6, 6.07) is 9.87. The number of amides is 1. The first-order valence-electron chi connectivity index (χ1n) is 8.58. The van der Waals surface area contributed by atoms with Crippen molar-refractivity contribution < 1.29 is 19.0 Å². The molecule has 1 aromatic carbocycles. The topological polar surface area (TPSA) is 56.8 Å². The van der Waals surface area contributed by atoms with Crippen LogP contribution in [0.5, 0.6) is 11.5 Å². The first kappa shape index (κ1) is 16.4. The van der Waals surface area contributed by atoms with Gasteiger partial charge in [-0.15, -0.1) is 11.3 Å². The molecule has 2 aliphatic rings. The van der Waals surface area contributed by atoms with Crippen LogP contribution in [0, 0.1) is 5.92 Å². The highest BCUT2D eigenvalue weighted by atomic mass is 32.1. The highest BCUT2D eigenvalue weighted by molar-refractivity contribution is 7.10. The number of carbonyl (C=O) groups is 1. The van der Waals surface area contributed by atoms with Crippen LogP contribution in [0.25, 0.3) is 0 Å². The number of benzene rings is 1. The maximum Gasteiger partial charge on any atom is 0.231 e. The molecule has 5 nitrogen and oxygen atoms in total. The molecule has 0 aliphatic carbocycles. The van der Waals surface area contributed by atoms with Crippen LogP contribution in [-0.4, -0.2) is 25.9 Å². The summed E-state index contributed by atoms with van der Waals surface area (Å²) in [4.78, 5) is 13.9. The van der Waals surface area contributed by atoms with E-state index in [2.05, 4.69) is 16.8 Å². The highest BCUT2D eigenvalue weighted by Crippen LogP contribution is 2.34. The van der Waals surface area contributed by atoms with Gasteiger partial charge in [-0.3, -0.25) is 4.79 Å². The maximum absolute atomic E-state index is 12.7. The van der Waals surface area contributed by atoms with Gasteiger partial charge in [-0.25, -0.2) is 0 Å². The molecule has 1 atom stereocenters. The second-order valence-corrected chi connectivity index (χ2v) is 7.35. The number of fused-ring (bicyclic) bond motifs is 1. The second-order valence-electron chi connectivity index (χ2n) is 6.37. The number of hydrogen-bond donors (Lipinski definition) is 1. The van der Waals surface area contributed by atoms with Crippen LogP contribution in [-0.2, 0) is 16.0 Å².